The Balaban J connectivity index is 3.23. The number of nitrogens with two attached hydrogens (primary N) is 2. The molecule has 0 amide bonds. The summed E-state index contributed by atoms with van der Waals surface area (Å²) in [6.45, 7) is 4.19. The van der Waals surface area contributed by atoms with E-state index in [2.05, 4.69) is 4.98 Å². The molecule has 0 unspecified atom stereocenters. The average molecular weight is 256 g/mol. The topological polar surface area (TPSA) is 82.0 Å². The van der Waals surface area contributed by atoms with Crippen LogP contribution in [0.15, 0.2) is 12.3 Å². The first-order chi connectivity index (χ1) is 8.00. The number of Topliss-reactive ketones (excluding diaryl/α,β-unsaturated/α-hetero) is 1. The first-order valence-corrected chi connectivity index (χ1v) is 6.04. The van der Waals surface area contributed by atoms with Crippen molar-refractivity contribution in [1.29, 1.82) is 0 Å². The number of nitrogens with zero attached hydrogens (tertiary/aromatic N) is 1. The van der Waals surface area contributed by atoms with Crippen molar-refractivity contribution in [3.05, 3.63) is 22.8 Å². The van der Waals surface area contributed by atoms with Crippen molar-refractivity contribution in [2.75, 3.05) is 12.3 Å². The molecule has 5 heteroatoms. The number of hydrogen-bond acceptors (Lipinski definition) is 4. The number of pyridine rings is 1. The molecular formula is C12H18ClN3O. The van der Waals surface area contributed by atoms with Gasteiger partial charge in [-0.2, -0.15) is 0 Å². The Labute approximate surface area is 106 Å². The van der Waals surface area contributed by atoms with Crippen LogP contribution in [0.25, 0.3) is 0 Å². The van der Waals surface area contributed by atoms with Crippen molar-refractivity contribution in [3.63, 3.8) is 0 Å². The molecule has 1 heterocycles. The molecule has 0 atom stereocenters. The zero-order valence-corrected chi connectivity index (χ0v) is 10.9. The summed E-state index contributed by atoms with van der Waals surface area (Å²) < 4.78 is 0. The Hall–Kier alpha value is -1.13. The van der Waals surface area contributed by atoms with Crippen molar-refractivity contribution < 1.29 is 4.79 Å². The van der Waals surface area contributed by atoms with Crippen LogP contribution in [0.1, 0.15) is 37.0 Å². The lowest BCUT2D eigenvalue weighted by Gasteiger charge is -2.28. The lowest BCUT2D eigenvalue weighted by atomic mass is 9.76. The average Bonchev–Trinajstić information content (AvgIpc) is 2.35. The normalized spacial score (nSPS) is 11.5. The fourth-order valence-electron chi connectivity index (χ4n) is 1.87. The Morgan fingerprint density at radius 1 is 1.47 bits per heavy atom. The van der Waals surface area contributed by atoms with E-state index in [1.807, 2.05) is 13.8 Å². The van der Waals surface area contributed by atoms with Crippen molar-refractivity contribution >= 4 is 23.2 Å². The molecule has 4 N–H and O–H groups in total. The standard InChI is InChI=1S/C12H18ClN3O/c1-3-12(4-2,7-14)10(17)9-5-8(13)6-16-11(9)15/h5-6H,3-4,7,14H2,1-2H3,(H2,15,16). The van der Waals surface area contributed by atoms with E-state index in [-0.39, 0.29) is 11.6 Å². The van der Waals surface area contributed by atoms with Gasteiger partial charge in [0.15, 0.2) is 5.78 Å². The highest BCUT2D eigenvalue weighted by molar-refractivity contribution is 6.31. The predicted molar refractivity (Wildman–Crippen MR) is 70.1 cm³/mol. The summed E-state index contributed by atoms with van der Waals surface area (Å²) >= 11 is 5.84. The van der Waals surface area contributed by atoms with Crippen molar-refractivity contribution in [1.82, 2.24) is 4.98 Å². The van der Waals surface area contributed by atoms with Crippen LogP contribution >= 0.6 is 11.6 Å². The molecule has 0 bridgehead atoms. The molecule has 4 nitrogen and oxygen atoms in total. The Kier molecular flexibility index (Phi) is 4.48. The number of carbonyl (C=O) groups excluding carboxylic acids is 1. The summed E-state index contributed by atoms with van der Waals surface area (Å²) in [4.78, 5) is 16.4. The largest absolute Gasteiger partial charge is 0.383 e. The number of carbonyl (C=O) groups is 1. The monoisotopic (exact) mass is 255 g/mol. The highest BCUT2D eigenvalue weighted by Crippen LogP contribution is 2.32. The Bertz CT molecular complexity index is 408. The van der Waals surface area contributed by atoms with Gasteiger partial charge in [0.1, 0.15) is 5.82 Å². The van der Waals surface area contributed by atoms with Gasteiger partial charge in [-0.3, -0.25) is 4.79 Å². The maximum Gasteiger partial charge on any atom is 0.173 e. The SMILES string of the molecule is CCC(CC)(CN)C(=O)c1cc(Cl)cnc1N. The number of halogens is 1. The number of nitrogen functional groups attached to an aromatic ring is 1. The summed E-state index contributed by atoms with van der Waals surface area (Å²) in [7, 11) is 0. The van der Waals surface area contributed by atoms with Gasteiger partial charge in [-0.15, -0.1) is 0 Å². The second-order valence-corrected chi connectivity index (χ2v) is 4.54. The molecule has 1 rings (SSSR count). The molecule has 17 heavy (non-hydrogen) atoms. The van der Waals surface area contributed by atoms with E-state index in [1.165, 1.54) is 6.20 Å². The second kappa shape index (κ2) is 5.47. The van der Waals surface area contributed by atoms with Gasteiger partial charge in [0.05, 0.1) is 10.6 Å². The molecule has 0 spiro atoms. The van der Waals surface area contributed by atoms with Crippen LogP contribution in [0, 0.1) is 5.41 Å². The summed E-state index contributed by atoms with van der Waals surface area (Å²) in [6.07, 6.45) is 2.77. The van der Waals surface area contributed by atoms with E-state index in [4.69, 9.17) is 23.1 Å². The van der Waals surface area contributed by atoms with Gasteiger partial charge in [-0.05, 0) is 18.9 Å². The highest BCUT2D eigenvalue weighted by Gasteiger charge is 2.35. The number of aromatic nitrogens is 1. The van der Waals surface area contributed by atoms with Gasteiger partial charge >= 0.3 is 0 Å². The fourth-order valence-corrected chi connectivity index (χ4v) is 2.03. The summed E-state index contributed by atoms with van der Waals surface area (Å²) in [5.41, 5.74) is 11.3. The number of ketones is 1. The minimum absolute atomic E-state index is 0.0718. The molecule has 0 saturated carbocycles. The van der Waals surface area contributed by atoms with Gasteiger partial charge in [0.25, 0.3) is 0 Å². The molecule has 0 fully saturated rings. The quantitative estimate of drug-likeness (QED) is 0.791. The minimum atomic E-state index is -0.569. The fraction of sp³-hybridized carbons (Fsp3) is 0.500. The maximum atomic E-state index is 12.5. The molecule has 0 saturated heterocycles. The van der Waals surface area contributed by atoms with Gasteiger partial charge in [0, 0.05) is 18.2 Å². The van der Waals surface area contributed by atoms with Crippen LogP contribution in [0.3, 0.4) is 0 Å². The molecule has 0 radical (unpaired) electrons. The van der Waals surface area contributed by atoms with E-state index < -0.39 is 5.41 Å². The van der Waals surface area contributed by atoms with Crippen LogP contribution in [-0.4, -0.2) is 17.3 Å². The molecule has 1 aromatic heterocycles. The zero-order valence-electron chi connectivity index (χ0n) is 10.2. The summed E-state index contributed by atoms with van der Waals surface area (Å²) in [6, 6.07) is 1.56. The maximum absolute atomic E-state index is 12.5. The first-order valence-electron chi connectivity index (χ1n) is 5.66. The third-order valence-electron chi connectivity index (χ3n) is 3.36. The van der Waals surface area contributed by atoms with Crippen LogP contribution in [0.5, 0.6) is 0 Å². The molecule has 0 aliphatic carbocycles. The third kappa shape index (κ3) is 2.58. The van der Waals surface area contributed by atoms with Gasteiger partial charge < -0.3 is 11.5 Å². The molecule has 0 aromatic carbocycles. The summed E-state index contributed by atoms with van der Waals surface area (Å²) in [5, 5.41) is 0.403. The smallest absolute Gasteiger partial charge is 0.173 e. The molecule has 1 aromatic rings. The zero-order chi connectivity index (χ0) is 13.1. The Morgan fingerprint density at radius 3 is 2.53 bits per heavy atom. The minimum Gasteiger partial charge on any atom is -0.383 e. The van der Waals surface area contributed by atoms with Crippen molar-refractivity contribution in [2.24, 2.45) is 11.1 Å². The number of rotatable bonds is 5. The van der Waals surface area contributed by atoms with E-state index in [0.29, 0.717) is 30.0 Å². The first kappa shape index (κ1) is 13.9. The van der Waals surface area contributed by atoms with Gasteiger partial charge in [-0.1, -0.05) is 25.4 Å². The molecular weight excluding hydrogens is 238 g/mol. The van der Waals surface area contributed by atoms with E-state index in [9.17, 15) is 4.79 Å². The van der Waals surface area contributed by atoms with Crippen molar-refractivity contribution in [3.8, 4) is 0 Å². The van der Waals surface area contributed by atoms with Crippen LogP contribution in [-0.2, 0) is 0 Å². The molecule has 0 aliphatic rings. The van der Waals surface area contributed by atoms with E-state index in [1.54, 1.807) is 6.07 Å². The predicted octanol–water partition coefficient (Wildman–Crippen LogP) is 2.27. The van der Waals surface area contributed by atoms with E-state index >= 15 is 0 Å². The van der Waals surface area contributed by atoms with Crippen LogP contribution < -0.4 is 11.5 Å². The third-order valence-corrected chi connectivity index (χ3v) is 3.56. The lowest BCUT2D eigenvalue weighted by Crippen LogP contribution is -2.38. The summed E-state index contributed by atoms with van der Waals surface area (Å²) in [5.74, 6) is 0.136. The van der Waals surface area contributed by atoms with Gasteiger partial charge in [0.2, 0.25) is 0 Å². The van der Waals surface area contributed by atoms with E-state index in [0.717, 1.165) is 0 Å². The van der Waals surface area contributed by atoms with Crippen LogP contribution in [0.4, 0.5) is 5.82 Å². The van der Waals surface area contributed by atoms with Crippen molar-refractivity contribution in [2.45, 2.75) is 26.7 Å². The molecule has 0 aliphatic heterocycles. The van der Waals surface area contributed by atoms with Gasteiger partial charge in [-0.25, -0.2) is 4.98 Å². The lowest BCUT2D eigenvalue weighted by molar-refractivity contribution is 0.0788. The number of hydrogen-bond donors (Lipinski definition) is 2. The van der Waals surface area contributed by atoms with Crippen LogP contribution in [0.2, 0.25) is 5.02 Å². The molecule has 94 valence electrons. The highest BCUT2D eigenvalue weighted by atomic mass is 35.5. The number of anilines is 1. The Morgan fingerprint density at radius 2 is 2.06 bits per heavy atom. The second-order valence-electron chi connectivity index (χ2n) is 4.11.